The van der Waals surface area contributed by atoms with Crippen LogP contribution in [0.3, 0.4) is 0 Å². The number of halogens is 3. The monoisotopic (exact) mass is 302 g/mol. The fourth-order valence-electron chi connectivity index (χ4n) is 2.26. The summed E-state index contributed by atoms with van der Waals surface area (Å²) in [6.45, 7) is 8.29. The maximum absolute atomic E-state index is 13.3. The van der Waals surface area contributed by atoms with E-state index in [0.717, 1.165) is 19.4 Å². The van der Waals surface area contributed by atoms with Crippen LogP contribution in [-0.4, -0.2) is 19.6 Å². The van der Waals surface area contributed by atoms with Crippen molar-refractivity contribution in [3.63, 3.8) is 0 Å². The summed E-state index contributed by atoms with van der Waals surface area (Å²) in [6, 6.07) is 4.66. The summed E-state index contributed by atoms with van der Waals surface area (Å²) >= 11 is 0. The Morgan fingerprint density at radius 3 is 2.38 bits per heavy atom. The molecule has 0 saturated carbocycles. The van der Waals surface area contributed by atoms with E-state index in [1.54, 1.807) is 12.1 Å². The lowest BCUT2D eigenvalue weighted by Crippen LogP contribution is -2.27. The number of hydrogen-bond donors (Lipinski definition) is 1. The van der Waals surface area contributed by atoms with Crippen molar-refractivity contribution in [2.45, 2.75) is 46.3 Å². The van der Waals surface area contributed by atoms with Crippen LogP contribution in [0.15, 0.2) is 18.2 Å². The molecule has 0 aromatic heterocycles. The molecule has 0 unspecified atom stereocenters. The molecule has 1 rings (SSSR count). The zero-order valence-corrected chi connectivity index (χ0v) is 13.1. The standard InChI is InChI=1S/C16H25F3N2/c1-4-7-10-21(6-3)15-9-8-13(12-20-5-2)11-14(15)16(17,18)19/h8-9,11,20H,4-7,10,12H2,1-3H3. The number of alkyl halides is 3. The molecule has 2 nitrogen and oxygen atoms in total. The smallest absolute Gasteiger partial charge is 0.371 e. The zero-order valence-electron chi connectivity index (χ0n) is 13.1. The Balaban J connectivity index is 3.11. The van der Waals surface area contributed by atoms with Gasteiger partial charge >= 0.3 is 6.18 Å². The second-order valence-electron chi connectivity index (χ2n) is 5.06. The van der Waals surface area contributed by atoms with Gasteiger partial charge in [-0.25, -0.2) is 0 Å². The Kier molecular flexibility index (Phi) is 7.02. The first-order chi connectivity index (χ1) is 9.93. The molecule has 0 amide bonds. The number of hydrogen-bond acceptors (Lipinski definition) is 2. The maximum Gasteiger partial charge on any atom is 0.418 e. The molecule has 0 radical (unpaired) electrons. The van der Waals surface area contributed by atoms with Crippen molar-refractivity contribution >= 4 is 5.69 Å². The fraction of sp³-hybridized carbons (Fsp3) is 0.625. The van der Waals surface area contributed by atoms with Crippen molar-refractivity contribution in [2.24, 2.45) is 0 Å². The molecule has 5 heteroatoms. The van der Waals surface area contributed by atoms with Crippen LogP contribution in [0.5, 0.6) is 0 Å². The van der Waals surface area contributed by atoms with E-state index in [9.17, 15) is 13.2 Å². The lowest BCUT2D eigenvalue weighted by Gasteiger charge is -2.27. The van der Waals surface area contributed by atoms with E-state index in [2.05, 4.69) is 5.32 Å². The van der Waals surface area contributed by atoms with Crippen molar-refractivity contribution < 1.29 is 13.2 Å². The van der Waals surface area contributed by atoms with Gasteiger partial charge in [-0.3, -0.25) is 0 Å². The van der Waals surface area contributed by atoms with Gasteiger partial charge in [-0.1, -0.05) is 26.3 Å². The van der Waals surface area contributed by atoms with Gasteiger partial charge in [-0.05, 0) is 37.6 Å². The quantitative estimate of drug-likeness (QED) is 0.763. The SMILES string of the molecule is CCCCN(CC)c1ccc(CNCC)cc1C(F)(F)F. The molecule has 1 N–H and O–H groups in total. The number of rotatable bonds is 8. The number of anilines is 1. The number of unbranched alkanes of at least 4 members (excludes halogenated alkanes) is 1. The molecule has 0 bridgehead atoms. The fourth-order valence-corrected chi connectivity index (χ4v) is 2.26. The van der Waals surface area contributed by atoms with Crippen molar-refractivity contribution in [1.29, 1.82) is 0 Å². The average molecular weight is 302 g/mol. The molecule has 1 aromatic carbocycles. The minimum absolute atomic E-state index is 0.290. The predicted octanol–water partition coefficient (Wildman–Crippen LogP) is 4.44. The summed E-state index contributed by atoms with van der Waals surface area (Å²) in [5.74, 6) is 0. The van der Waals surface area contributed by atoms with Crippen LogP contribution in [0.2, 0.25) is 0 Å². The Morgan fingerprint density at radius 1 is 1.14 bits per heavy atom. The molecular formula is C16H25F3N2. The third kappa shape index (κ3) is 5.23. The highest BCUT2D eigenvalue weighted by molar-refractivity contribution is 5.56. The van der Waals surface area contributed by atoms with Gasteiger partial charge in [0.15, 0.2) is 0 Å². The lowest BCUT2D eigenvalue weighted by atomic mass is 10.1. The van der Waals surface area contributed by atoms with Crippen molar-refractivity contribution in [1.82, 2.24) is 5.32 Å². The topological polar surface area (TPSA) is 15.3 Å². The van der Waals surface area contributed by atoms with Crippen LogP contribution in [0.25, 0.3) is 0 Å². The molecule has 0 saturated heterocycles. The van der Waals surface area contributed by atoms with Gasteiger partial charge in [0.1, 0.15) is 0 Å². The highest BCUT2D eigenvalue weighted by atomic mass is 19.4. The first-order valence-electron chi connectivity index (χ1n) is 7.59. The van der Waals surface area contributed by atoms with Crippen LogP contribution in [-0.2, 0) is 12.7 Å². The molecular weight excluding hydrogens is 277 g/mol. The zero-order chi connectivity index (χ0) is 15.9. The van der Waals surface area contributed by atoms with Crippen molar-refractivity contribution in [3.8, 4) is 0 Å². The molecule has 0 aliphatic carbocycles. The third-order valence-electron chi connectivity index (χ3n) is 3.45. The van der Waals surface area contributed by atoms with Crippen molar-refractivity contribution in [2.75, 3.05) is 24.5 Å². The summed E-state index contributed by atoms with van der Waals surface area (Å²) < 4.78 is 40.0. The molecule has 0 aliphatic heterocycles. The highest BCUT2D eigenvalue weighted by Crippen LogP contribution is 2.37. The Labute approximate surface area is 125 Å². The normalized spacial score (nSPS) is 11.7. The summed E-state index contributed by atoms with van der Waals surface area (Å²) in [5.41, 5.74) is 0.425. The predicted molar refractivity (Wildman–Crippen MR) is 81.6 cm³/mol. The van der Waals surface area contributed by atoms with Gasteiger partial charge in [0.05, 0.1) is 5.56 Å². The van der Waals surface area contributed by atoms with E-state index in [1.807, 2.05) is 25.7 Å². The minimum Gasteiger partial charge on any atom is -0.371 e. The van der Waals surface area contributed by atoms with Gasteiger partial charge in [0.2, 0.25) is 0 Å². The molecule has 0 spiro atoms. The molecule has 0 aliphatic rings. The molecule has 0 atom stereocenters. The van der Waals surface area contributed by atoms with E-state index in [-0.39, 0.29) is 0 Å². The van der Waals surface area contributed by atoms with Crippen LogP contribution >= 0.6 is 0 Å². The summed E-state index contributed by atoms with van der Waals surface area (Å²) in [6.07, 6.45) is -2.46. The van der Waals surface area contributed by atoms with Crippen LogP contribution in [0.1, 0.15) is 44.7 Å². The minimum atomic E-state index is -4.32. The van der Waals surface area contributed by atoms with Crippen molar-refractivity contribution in [3.05, 3.63) is 29.3 Å². The van der Waals surface area contributed by atoms with Gasteiger partial charge in [-0.2, -0.15) is 13.2 Å². The van der Waals surface area contributed by atoms with Gasteiger partial charge < -0.3 is 10.2 Å². The Bertz CT molecular complexity index is 430. The second kappa shape index (κ2) is 8.27. The van der Waals surface area contributed by atoms with Gasteiger partial charge in [-0.15, -0.1) is 0 Å². The molecule has 120 valence electrons. The molecule has 0 heterocycles. The largest absolute Gasteiger partial charge is 0.418 e. The second-order valence-corrected chi connectivity index (χ2v) is 5.06. The van der Waals surface area contributed by atoms with E-state index < -0.39 is 11.7 Å². The Morgan fingerprint density at radius 2 is 1.86 bits per heavy atom. The molecule has 1 aromatic rings. The Hall–Kier alpha value is -1.23. The number of benzene rings is 1. The number of nitrogens with one attached hydrogen (secondary N) is 1. The van der Waals surface area contributed by atoms with Gasteiger partial charge in [0, 0.05) is 25.3 Å². The van der Waals surface area contributed by atoms with E-state index >= 15 is 0 Å². The third-order valence-corrected chi connectivity index (χ3v) is 3.45. The van der Waals surface area contributed by atoms with E-state index in [4.69, 9.17) is 0 Å². The summed E-state index contributed by atoms with van der Waals surface area (Å²) in [4.78, 5) is 1.81. The number of nitrogens with zero attached hydrogens (tertiary/aromatic N) is 1. The highest BCUT2D eigenvalue weighted by Gasteiger charge is 2.34. The van der Waals surface area contributed by atoms with Crippen LogP contribution < -0.4 is 10.2 Å². The molecule has 0 fully saturated rings. The lowest BCUT2D eigenvalue weighted by molar-refractivity contribution is -0.137. The summed E-state index contributed by atoms with van der Waals surface area (Å²) in [5, 5.41) is 3.06. The average Bonchev–Trinajstić information content (AvgIpc) is 2.45. The van der Waals surface area contributed by atoms with E-state index in [0.29, 0.717) is 30.9 Å². The first-order valence-corrected chi connectivity index (χ1v) is 7.59. The molecule has 21 heavy (non-hydrogen) atoms. The summed E-state index contributed by atoms with van der Waals surface area (Å²) in [7, 11) is 0. The van der Waals surface area contributed by atoms with Crippen LogP contribution in [0.4, 0.5) is 18.9 Å². The first kappa shape index (κ1) is 17.8. The maximum atomic E-state index is 13.3. The van der Waals surface area contributed by atoms with Gasteiger partial charge in [0.25, 0.3) is 0 Å². The van der Waals surface area contributed by atoms with Crippen LogP contribution in [0, 0.1) is 0 Å². The van der Waals surface area contributed by atoms with E-state index in [1.165, 1.54) is 6.07 Å².